The Balaban J connectivity index is 1.58. The molecule has 0 atom stereocenters. The van der Waals surface area contributed by atoms with E-state index in [0.717, 1.165) is 29.7 Å². The summed E-state index contributed by atoms with van der Waals surface area (Å²) in [5.41, 5.74) is 4.88. The molecule has 152 valence electrons. The SMILES string of the molecule is Cc1c(C(=O)N2CCOCC2)oc2c1/C(=N/NC(=O)c1ccccc1O)CCC2. The smallest absolute Gasteiger partial charge is 0.290 e. The minimum Gasteiger partial charge on any atom is -0.507 e. The van der Waals surface area contributed by atoms with Crippen LogP contribution in [0.1, 0.15) is 50.6 Å². The van der Waals surface area contributed by atoms with Gasteiger partial charge >= 0.3 is 0 Å². The number of hydrazone groups is 1. The molecule has 8 nitrogen and oxygen atoms in total. The first-order valence-corrected chi connectivity index (χ1v) is 9.71. The molecule has 8 heteroatoms. The lowest BCUT2D eigenvalue weighted by Crippen LogP contribution is -2.40. The molecule has 0 bridgehead atoms. The van der Waals surface area contributed by atoms with Crippen LogP contribution >= 0.6 is 0 Å². The summed E-state index contributed by atoms with van der Waals surface area (Å²) in [5, 5.41) is 14.1. The first kappa shape index (κ1) is 19.2. The average molecular weight is 397 g/mol. The second-order valence-electron chi connectivity index (χ2n) is 7.13. The van der Waals surface area contributed by atoms with Gasteiger partial charge in [0.1, 0.15) is 11.5 Å². The Kier molecular flexibility index (Phi) is 5.35. The summed E-state index contributed by atoms with van der Waals surface area (Å²) in [6, 6.07) is 6.29. The first-order chi connectivity index (χ1) is 14.1. The third-order valence-corrected chi connectivity index (χ3v) is 5.26. The van der Waals surface area contributed by atoms with Crippen LogP contribution < -0.4 is 5.43 Å². The van der Waals surface area contributed by atoms with Crippen LogP contribution in [0.5, 0.6) is 5.75 Å². The highest BCUT2D eigenvalue weighted by Crippen LogP contribution is 2.30. The van der Waals surface area contributed by atoms with Gasteiger partial charge in [-0.15, -0.1) is 0 Å². The van der Waals surface area contributed by atoms with Gasteiger partial charge in [-0.3, -0.25) is 9.59 Å². The molecule has 2 aliphatic rings. The number of nitrogens with one attached hydrogen (secondary N) is 1. The standard InChI is InChI=1S/C21H23N3O5/c1-13-18-15(22-23-20(26)14-5-2-3-7-16(14)25)6-4-8-17(18)29-19(13)21(27)24-9-11-28-12-10-24/h2-3,5,7,25H,4,6,8-12H2,1H3,(H,23,26)/b22-15+. The van der Waals surface area contributed by atoms with Crippen molar-refractivity contribution in [2.45, 2.75) is 26.2 Å². The fourth-order valence-electron chi connectivity index (χ4n) is 3.74. The zero-order chi connectivity index (χ0) is 20.4. The molecule has 1 aromatic heterocycles. The summed E-state index contributed by atoms with van der Waals surface area (Å²) in [4.78, 5) is 27.0. The van der Waals surface area contributed by atoms with E-state index in [1.807, 2.05) is 6.92 Å². The molecule has 0 unspecified atom stereocenters. The maximum atomic E-state index is 12.9. The topological polar surface area (TPSA) is 104 Å². The number of furan rings is 1. The van der Waals surface area contributed by atoms with Crippen molar-refractivity contribution in [3.8, 4) is 5.75 Å². The molecule has 1 aromatic carbocycles. The van der Waals surface area contributed by atoms with Crippen molar-refractivity contribution in [1.82, 2.24) is 10.3 Å². The number of carbonyl (C=O) groups is 2. The van der Waals surface area contributed by atoms with Crippen molar-refractivity contribution in [2.24, 2.45) is 5.10 Å². The minimum atomic E-state index is -0.492. The number of hydrogen-bond donors (Lipinski definition) is 2. The molecule has 1 fully saturated rings. The van der Waals surface area contributed by atoms with Crippen molar-refractivity contribution in [3.05, 3.63) is 52.5 Å². The van der Waals surface area contributed by atoms with Gasteiger partial charge in [-0.2, -0.15) is 5.10 Å². The van der Waals surface area contributed by atoms with Crippen LogP contribution in [0.3, 0.4) is 0 Å². The van der Waals surface area contributed by atoms with Crippen LogP contribution in [-0.4, -0.2) is 53.8 Å². The lowest BCUT2D eigenvalue weighted by molar-refractivity contribution is 0.0281. The normalized spacial score (nSPS) is 17.8. The van der Waals surface area contributed by atoms with E-state index in [4.69, 9.17) is 9.15 Å². The van der Waals surface area contributed by atoms with Crippen LogP contribution in [0.2, 0.25) is 0 Å². The van der Waals surface area contributed by atoms with Crippen LogP contribution in [0, 0.1) is 6.92 Å². The monoisotopic (exact) mass is 397 g/mol. The highest BCUT2D eigenvalue weighted by molar-refractivity contribution is 6.07. The maximum Gasteiger partial charge on any atom is 0.290 e. The second kappa shape index (κ2) is 8.08. The number of ether oxygens (including phenoxy) is 1. The lowest BCUT2D eigenvalue weighted by atomic mass is 9.93. The van der Waals surface area contributed by atoms with Crippen LogP contribution in [0.25, 0.3) is 0 Å². The molecular weight excluding hydrogens is 374 g/mol. The average Bonchev–Trinajstić information content (AvgIpc) is 3.09. The van der Waals surface area contributed by atoms with E-state index in [1.165, 1.54) is 12.1 Å². The van der Waals surface area contributed by atoms with Crippen LogP contribution in [-0.2, 0) is 11.2 Å². The van der Waals surface area contributed by atoms with Gasteiger partial charge in [0.25, 0.3) is 11.8 Å². The van der Waals surface area contributed by atoms with E-state index >= 15 is 0 Å². The lowest BCUT2D eigenvalue weighted by Gasteiger charge is -2.26. The number of benzene rings is 1. The van der Waals surface area contributed by atoms with Gasteiger partial charge in [-0.25, -0.2) is 5.43 Å². The molecule has 0 spiro atoms. The van der Waals surface area contributed by atoms with Crippen molar-refractivity contribution in [1.29, 1.82) is 0 Å². The molecule has 4 rings (SSSR count). The summed E-state index contributed by atoms with van der Waals surface area (Å²) in [5.74, 6) is 0.318. The molecule has 1 aliphatic heterocycles. The Morgan fingerprint density at radius 3 is 2.69 bits per heavy atom. The van der Waals surface area contributed by atoms with Crippen molar-refractivity contribution in [3.63, 3.8) is 0 Å². The third kappa shape index (κ3) is 3.75. The van der Waals surface area contributed by atoms with E-state index in [-0.39, 0.29) is 17.2 Å². The number of phenolic OH excluding ortho intramolecular Hbond substituents is 1. The van der Waals surface area contributed by atoms with Gasteiger partial charge in [0.2, 0.25) is 0 Å². The summed E-state index contributed by atoms with van der Waals surface area (Å²) in [6.45, 7) is 3.98. The van der Waals surface area contributed by atoms with Crippen LogP contribution in [0.4, 0.5) is 0 Å². The number of aryl methyl sites for hydroxylation is 1. The summed E-state index contributed by atoms with van der Waals surface area (Å²) in [6.07, 6.45) is 2.20. The van der Waals surface area contributed by atoms with Gasteiger partial charge in [-0.1, -0.05) is 12.1 Å². The summed E-state index contributed by atoms with van der Waals surface area (Å²) >= 11 is 0. The van der Waals surface area contributed by atoms with Gasteiger partial charge in [0.15, 0.2) is 5.76 Å². The Hall–Kier alpha value is -3.13. The number of morpholine rings is 1. The van der Waals surface area contributed by atoms with Crippen LogP contribution in [0.15, 0.2) is 33.8 Å². The third-order valence-electron chi connectivity index (χ3n) is 5.26. The van der Waals surface area contributed by atoms with Gasteiger partial charge in [0.05, 0.1) is 24.5 Å². The number of nitrogens with zero attached hydrogens (tertiary/aromatic N) is 2. The molecule has 0 radical (unpaired) electrons. The number of amides is 2. The number of phenols is 1. The fraction of sp³-hybridized carbons (Fsp3) is 0.381. The molecule has 29 heavy (non-hydrogen) atoms. The van der Waals surface area contributed by atoms with Gasteiger partial charge < -0.3 is 19.2 Å². The zero-order valence-corrected chi connectivity index (χ0v) is 16.2. The number of fused-ring (bicyclic) bond motifs is 1. The Morgan fingerprint density at radius 1 is 1.17 bits per heavy atom. The van der Waals surface area contributed by atoms with E-state index in [2.05, 4.69) is 10.5 Å². The molecular formula is C21H23N3O5. The van der Waals surface area contributed by atoms with E-state index in [0.29, 0.717) is 44.2 Å². The Bertz CT molecular complexity index is 973. The van der Waals surface area contributed by atoms with Crippen molar-refractivity contribution < 1.29 is 23.8 Å². The van der Waals surface area contributed by atoms with Crippen molar-refractivity contribution >= 4 is 17.5 Å². The largest absolute Gasteiger partial charge is 0.507 e. The van der Waals surface area contributed by atoms with Gasteiger partial charge in [0, 0.05) is 30.6 Å². The number of hydrogen-bond acceptors (Lipinski definition) is 6. The molecule has 0 saturated carbocycles. The fourth-order valence-corrected chi connectivity index (χ4v) is 3.74. The summed E-state index contributed by atoms with van der Waals surface area (Å²) in [7, 11) is 0. The quantitative estimate of drug-likeness (QED) is 0.773. The minimum absolute atomic E-state index is 0.104. The number of rotatable bonds is 3. The van der Waals surface area contributed by atoms with E-state index in [9.17, 15) is 14.7 Å². The molecule has 2 amide bonds. The Morgan fingerprint density at radius 2 is 1.93 bits per heavy atom. The predicted molar refractivity (Wildman–Crippen MR) is 105 cm³/mol. The zero-order valence-electron chi connectivity index (χ0n) is 16.2. The van der Waals surface area contributed by atoms with E-state index < -0.39 is 5.91 Å². The molecule has 2 heterocycles. The van der Waals surface area contributed by atoms with Crippen molar-refractivity contribution in [2.75, 3.05) is 26.3 Å². The first-order valence-electron chi connectivity index (χ1n) is 9.71. The molecule has 1 aliphatic carbocycles. The molecule has 2 aromatic rings. The number of carbonyl (C=O) groups excluding carboxylic acids is 2. The maximum absolute atomic E-state index is 12.9. The number of aromatic hydroxyl groups is 1. The molecule has 2 N–H and O–H groups in total. The highest BCUT2D eigenvalue weighted by Gasteiger charge is 2.30. The van der Waals surface area contributed by atoms with Gasteiger partial charge in [-0.05, 0) is 31.9 Å². The number of para-hydroxylation sites is 1. The predicted octanol–water partition coefficient (Wildman–Crippen LogP) is 2.24. The highest BCUT2D eigenvalue weighted by atomic mass is 16.5. The Labute approximate surface area is 168 Å². The summed E-state index contributed by atoms with van der Waals surface area (Å²) < 4.78 is 11.2. The molecule has 1 saturated heterocycles. The second-order valence-corrected chi connectivity index (χ2v) is 7.13. The van der Waals surface area contributed by atoms with E-state index in [1.54, 1.807) is 17.0 Å².